The predicted octanol–water partition coefficient (Wildman–Crippen LogP) is 5.54. The molecule has 0 amide bonds. The third-order valence-electron chi connectivity index (χ3n) is 4.44. The molecule has 4 aromatic rings. The van der Waals surface area contributed by atoms with Crippen LogP contribution in [0.1, 0.15) is 27.2 Å². The van der Waals surface area contributed by atoms with E-state index in [2.05, 4.69) is 9.97 Å². The van der Waals surface area contributed by atoms with Crippen LogP contribution in [0.2, 0.25) is 5.02 Å². The van der Waals surface area contributed by atoms with Gasteiger partial charge in [0.2, 0.25) is 0 Å². The third kappa shape index (κ3) is 3.96. The molecule has 1 aromatic heterocycles. The Morgan fingerprint density at radius 1 is 1.07 bits per heavy atom. The van der Waals surface area contributed by atoms with Crippen LogP contribution < -0.4 is 4.74 Å². The lowest BCUT2D eigenvalue weighted by molar-refractivity contribution is 0.103. The molecule has 0 saturated heterocycles. The summed E-state index contributed by atoms with van der Waals surface area (Å²) in [5, 5.41) is -0.0543. The average Bonchev–Trinajstić information content (AvgIpc) is 2.73. The standard InChI is InChI=1S/C23H16ClFN2O2/c1-14-12-26-18-9-7-16(11-19(18)27-14)23(28)21-17(25)8-10-20(22(21)24)29-13-15-5-3-2-4-6-15/h2-12H,13H2,1H3. The van der Waals surface area contributed by atoms with Crippen molar-refractivity contribution in [2.45, 2.75) is 13.5 Å². The molecule has 0 unspecified atom stereocenters. The molecule has 0 aliphatic heterocycles. The van der Waals surface area contributed by atoms with Crippen molar-refractivity contribution < 1.29 is 13.9 Å². The van der Waals surface area contributed by atoms with E-state index in [-0.39, 0.29) is 28.5 Å². The molecule has 0 aliphatic carbocycles. The first kappa shape index (κ1) is 19.0. The summed E-state index contributed by atoms with van der Waals surface area (Å²) in [5.74, 6) is -0.998. The molecule has 0 spiro atoms. The smallest absolute Gasteiger partial charge is 0.197 e. The van der Waals surface area contributed by atoms with Gasteiger partial charge in [0.25, 0.3) is 0 Å². The van der Waals surface area contributed by atoms with Crippen molar-refractivity contribution >= 4 is 28.4 Å². The number of hydrogen-bond donors (Lipinski definition) is 0. The van der Waals surface area contributed by atoms with Crippen LogP contribution in [0.5, 0.6) is 5.75 Å². The highest BCUT2D eigenvalue weighted by Gasteiger charge is 2.22. The monoisotopic (exact) mass is 406 g/mol. The summed E-state index contributed by atoms with van der Waals surface area (Å²) in [6.07, 6.45) is 1.65. The Morgan fingerprint density at radius 2 is 1.86 bits per heavy atom. The van der Waals surface area contributed by atoms with Gasteiger partial charge in [-0.25, -0.2) is 9.37 Å². The third-order valence-corrected chi connectivity index (χ3v) is 4.82. The van der Waals surface area contributed by atoms with Crippen LogP contribution in [0.4, 0.5) is 4.39 Å². The Labute approximate surface area is 172 Å². The zero-order valence-electron chi connectivity index (χ0n) is 15.5. The second-order valence-electron chi connectivity index (χ2n) is 6.55. The minimum Gasteiger partial charge on any atom is -0.487 e. The number of carbonyl (C=O) groups is 1. The molecule has 4 rings (SSSR count). The topological polar surface area (TPSA) is 52.1 Å². The van der Waals surface area contributed by atoms with Gasteiger partial charge in [-0.1, -0.05) is 41.9 Å². The van der Waals surface area contributed by atoms with Gasteiger partial charge in [0, 0.05) is 11.8 Å². The molecule has 0 aliphatic rings. The van der Waals surface area contributed by atoms with Crippen LogP contribution in [0.25, 0.3) is 11.0 Å². The molecule has 1 heterocycles. The second kappa shape index (κ2) is 7.97. The quantitative estimate of drug-likeness (QED) is 0.408. The molecule has 0 N–H and O–H groups in total. The van der Waals surface area contributed by atoms with Crippen LogP contribution in [-0.2, 0) is 6.61 Å². The normalized spacial score (nSPS) is 10.9. The van der Waals surface area contributed by atoms with Gasteiger partial charge in [-0.3, -0.25) is 9.78 Å². The van der Waals surface area contributed by atoms with Gasteiger partial charge < -0.3 is 4.74 Å². The number of rotatable bonds is 5. The van der Waals surface area contributed by atoms with Crippen molar-refractivity contribution in [3.63, 3.8) is 0 Å². The molecule has 0 radical (unpaired) electrons. The van der Waals surface area contributed by atoms with Crippen LogP contribution in [0.15, 0.2) is 66.9 Å². The zero-order chi connectivity index (χ0) is 20.4. The van der Waals surface area contributed by atoms with E-state index >= 15 is 0 Å². The number of halogens is 2. The summed E-state index contributed by atoms with van der Waals surface area (Å²) >= 11 is 6.35. The van der Waals surface area contributed by atoms with E-state index in [0.717, 1.165) is 11.3 Å². The van der Waals surface area contributed by atoms with E-state index in [9.17, 15) is 9.18 Å². The van der Waals surface area contributed by atoms with Crippen LogP contribution in [-0.4, -0.2) is 15.8 Å². The van der Waals surface area contributed by atoms with Crippen molar-refractivity contribution in [3.05, 3.63) is 100 Å². The van der Waals surface area contributed by atoms with Gasteiger partial charge in [-0.15, -0.1) is 0 Å². The van der Waals surface area contributed by atoms with E-state index in [1.807, 2.05) is 37.3 Å². The highest BCUT2D eigenvalue weighted by Crippen LogP contribution is 2.33. The molecule has 144 valence electrons. The Kier molecular flexibility index (Phi) is 5.23. The average molecular weight is 407 g/mol. The van der Waals surface area contributed by atoms with Crippen LogP contribution >= 0.6 is 11.6 Å². The molecule has 29 heavy (non-hydrogen) atoms. The minimum atomic E-state index is -0.706. The number of ether oxygens (including phenoxy) is 1. The molecule has 0 fully saturated rings. The summed E-state index contributed by atoms with van der Waals surface area (Å²) in [5.41, 5.74) is 2.92. The van der Waals surface area contributed by atoms with Crippen LogP contribution in [0, 0.1) is 12.7 Å². The number of nitrogens with zero attached hydrogens (tertiary/aromatic N) is 2. The summed E-state index contributed by atoms with van der Waals surface area (Å²) in [6, 6.07) is 17.0. The lowest BCUT2D eigenvalue weighted by Crippen LogP contribution is -2.07. The highest BCUT2D eigenvalue weighted by molar-refractivity contribution is 6.36. The maximum absolute atomic E-state index is 14.5. The summed E-state index contributed by atoms with van der Waals surface area (Å²) in [7, 11) is 0. The number of hydrogen-bond acceptors (Lipinski definition) is 4. The van der Waals surface area contributed by atoms with Gasteiger partial charge in [0.1, 0.15) is 18.2 Å². The maximum Gasteiger partial charge on any atom is 0.197 e. The molecule has 0 atom stereocenters. The van der Waals surface area contributed by atoms with Crippen molar-refractivity contribution in [1.29, 1.82) is 0 Å². The highest BCUT2D eigenvalue weighted by atomic mass is 35.5. The van der Waals surface area contributed by atoms with Crippen molar-refractivity contribution in [3.8, 4) is 5.75 Å². The summed E-state index contributed by atoms with van der Waals surface area (Å²) < 4.78 is 20.2. The van der Waals surface area contributed by atoms with Gasteiger partial charge in [0.15, 0.2) is 5.78 Å². The van der Waals surface area contributed by atoms with Crippen molar-refractivity contribution in [2.24, 2.45) is 0 Å². The first-order valence-electron chi connectivity index (χ1n) is 8.96. The first-order chi connectivity index (χ1) is 14.0. The zero-order valence-corrected chi connectivity index (χ0v) is 16.3. The molecule has 0 saturated carbocycles. The van der Waals surface area contributed by atoms with Crippen molar-refractivity contribution in [1.82, 2.24) is 9.97 Å². The van der Waals surface area contributed by atoms with Gasteiger partial charge in [-0.05, 0) is 42.8 Å². The largest absolute Gasteiger partial charge is 0.487 e. The fourth-order valence-corrected chi connectivity index (χ4v) is 3.27. The maximum atomic E-state index is 14.5. The number of benzene rings is 3. The van der Waals surface area contributed by atoms with Gasteiger partial charge in [-0.2, -0.15) is 0 Å². The number of ketones is 1. The van der Waals surface area contributed by atoms with E-state index in [1.54, 1.807) is 24.4 Å². The fourth-order valence-electron chi connectivity index (χ4n) is 2.98. The fraction of sp³-hybridized carbons (Fsp3) is 0.0870. The Hall–Kier alpha value is -3.31. The van der Waals surface area contributed by atoms with E-state index in [1.165, 1.54) is 12.1 Å². The molecular weight excluding hydrogens is 391 g/mol. The molecular formula is C23H16ClFN2O2. The first-order valence-corrected chi connectivity index (χ1v) is 9.33. The SMILES string of the molecule is Cc1cnc2ccc(C(=O)c3c(F)ccc(OCc4ccccc4)c3Cl)cc2n1. The Bertz CT molecular complexity index is 1210. The predicted molar refractivity (Wildman–Crippen MR) is 110 cm³/mol. The summed E-state index contributed by atoms with van der Waals surface area (Å²) in [4.78, 5) is 21.6. The van der Waals surface area contributed by atoms with Gasteiger partial charge >= 0.3 is 0 Å². The van der Waals surface area contributed by atoms with Gasteiger partial charge in [0.05, 0.1) is 27.3 Å². The van der Waals surface area contributed by atoms with Crippen LogP contribution in [0.3, 0.4) is 0 Å². The lowest BCUT2D eigenvalue weighted by atomic mass is 10.0. The summed E-state index contributed by atoms with van der Waals surface area (Å²) in [6.45, 7) is 2.07. The lowest BCUT2D eigenvalue weighted by Gasteiger charge is -2.12. The molecule has 4 nitrogen and oxygen atoms in total. The molecule has 0 bridgehead atoms. The van der Waals surface area contributed by atoms with E-state index < -0.39 is 11.6 Å². The molecule has 6 heteroatoms. The Morgan fingerprint density at radius 3 is 2.66 bits per heavy atom. The Balaban J connectivity index is 1.67. The van der Waals surface area contributed by atoms with E-state index in [0.29, 0.717) is 11.0 Å². The number of fused-ring (bicyclic) bond motifs is 1. The molecule has 3 aromatic carbocycles. The number of aromatic nitrogens is 2. The second-order valence-corrected chi connectivity index (χ2v) is 6.93. The number of aryl methyl sites for hydroxylation is 1. The van der Waals surface area contributed by atoms with E-state index in [4.69, 9.17) is 16.3 Å². The number of carbonyl (C=O) groups excluding carboxylic acids is 1. The van der Waals surface area contributed by atoms with Crippen molar-refractivity contribution in [2.75, 3.05) is 0 Å². The minimum absolute atomic E-state index is 0.0543.